The van der Waals surface area contributed by atoms with Gasteiger partial charge in [0.05, 0.1) is 10.6 Å². The molecule has 2 heterocycles. The highest BCUT2D eigenvalue weighted by atomic mass is 32.2. The molecule has 4 nitrogen and oxygen atoms in total. The van der Waals surface area contributed by atoms with Gasteiger partial charge in [-0.3, -0.25) is 9.00 Å². The summed E-state index contributed by atoms with van der Waals surface area (Å²) in [4.78, 5) is 18.1. The maximum atomic E-state index is 11.2. The van der Waals surface area contributed by atoms with Crippen LogP contribution in [0.2, 0.25) is 0 Å². The van der Waals surface area contributed by atoms with Crippen LogP contribution < -0.4 is 4.90 Å². The average Bonchev–Trinajstić information content (AvgIpc) is 2.73. The minimum absolute atomic E-state index is 0.671. The fourth-order valence-electron chi connectivity index (χ4n) is 1.66. The second-order valence-electron chi connectivity index (χ2n) is 3.61. The topological polar surface area (TPSA) is 50.3 Å². The first-order chi connectivity index (χ1) is 7.74. The molecule has 0 aliphatic carbocycles. The number of aryl methyl sites for hydroxylation is 1. The number of carbonyl (C=O) groups is 1. The summed E-state index contributed by atoms with van der Waals surface area (Å²) in [6.45, 7) is 3.56. The monoisotopic (exact) mass is 258 g/mol. The molecule has 1 aromatic rings. The van der Waals surface area contributed by atoms with Crippen molar-refractivity contribution in [3.63, 3.8) is 0 Å². The zero-order chi connectivity index (χ0) is 11.5. The van der Waals surface area contributed by atoms with Gasteiger partial charge in [0.2, 0.25) is 0 Å². The summed E-state index contributed by atoms with van der Waals surface area (Å²) in [6.07, 6.45) is 1.66. The molecule has 0 atom stereocenters. The molecule has 0 radical (unpaired) electrons. The van der Waals surface area contributed by atoms with Crippen LogP contribution >= 0.6 is 11.3 Å². The van der Waals surface area contributed by atoms with Crippen molar-refractivity contribution in [3.8, 4) is 0 Å². The summed E-state index contributed by atoms with van der Waals surface area (Å²) in [5.74, 6) is 1.41. The van der Waals surface area contributed by atoms with E-state index in [4.69, 9.17) is 0 Å². The van der Waals surface area contributed by atoms with E-state index in [1.54, 1.807) is 0 Å². The number of aromatic nitrogens is 1. The minimum Gasteiger partial charge on any atom is -0.346 e. The zero-order valence-corrected chi connectivity index (χ0v) is 10.8. The average molecular weight is 258 g/mol. The lowest BCUT2D eigenvalue weighted by atomic mass is 10.3. The van der Waals surface area contributed by atoms with Crippen LogP contribution in [-0.2, 0) is 17.2 Å². The Morgan fingerprint density at radius 3 is 2.69 bits per heavy atom. The third-order valence-electron chi connectivity index (χ3n) is 2.61. The summed E-state index contributed by atoms with van der Waals surface area (Å²) in [5, 5.41) is 0.899. The zero-order valence-electron chi connectivity index (χ0n) is 9.14. The number of aldehydes is 1. The fourth-order valence-corrected chi connectivity index (χ4v) is 3.73. The molecule has 0 saturated carbocycles. The molecule has 0 bridgehead atoms. The number of hydrogen-bond acceptors (Lipinski definition) is 5. The molecule has 1 aliphatic rings. The van der Waals surface area contributed by atoms with Gasteiger partial charge in [0.1, 0.15) is 0 Å². The predicted octanol–water partition coefficient (Wildman–Crippen LogP) is 1.09. The van der Waals surface area contributed by atoms with Crippen LogP contribution in [0, 0.1) is 0 Å². The first-order valence-corrected chi connectivity index (χ1v) is 7.60. The molecule has 1 aliphatic heterocycles. The second kappa shape index (κ2) is 5.05. The smallest absolute Gasteiger partial charge is 0.186 e. The Balaban J connectivity index is 2.17. The molecule has 0 amide bonds. The third kappa shape index (κ3) is 2.32. The summed E-state index contributed by atoms with van der Waals surface area (Å²) in [5.41, 5.74) is 0.877. The SMILES string of the molecule is CCc1nc(N2CCS(=O)CC2)sc1C=O. The van der Waals surface area contributed by atoms with E-state index in [0.29, 0.717) is 11.5 Å². The molecular weight excluding hydrogens is 244 g/mol. The number of carbonyl (C=O) groups excluding carboxylic acids is 1. The Hall–Kier alpha value is -0.750. The van der Waals surface area contributed by atoms with Crippen molar-refractivity contribution in [1.82, 2.24) is 4.98 Å². The molecule has 0 spiro atoms. The van der Waals surface area contributed by atoms with Crippen molar-refractivity contribution < 1.29 is 9.00 Å². The van der Waals surface area contributed by atoms with E-state index in [1.807, 2.05) is 6.92 Å². The number of thiazole rings is 1. The van der Waals surface area contributed by atoms with Gasteiger partial charge >= 0.3 is 0 Å². The number of anilines is 1. The molecule has 0 N–H and O–H groups in total. The van der Waals surface area contributed by atoms with Gasteiger partial charge in [-0.25, -0.2) is 4.98 Å². The standard InChI is InChI=1S/C10H14N2O2S2/c1-2-8-9(7-13)15-10(11-8)12-3-5-16(14)6-4-12/h7H,2-6H2,1H3. The van der Waals surface area contributed by atoms with Gasteiger partial charge in [0.15, 0.2) is 11.4 Å². The van der Waals surface area contributed by atoms with Crippen LogP contribution in [0.1, 0.15) is 22.3 Å². The van der Waals surface area contributed by atoms with Gasteiger partial charge in [-0.2, -0.15) is 0 Å². The van der Waals surface area contributed by atoms with E-state index in [1.165, 1.54) is 11.3 Å². The van der Waals surface area contributed by atoms with E-state index < -0.39 is 10.8 Å². The van der Waals surface area contributed by atoms with Crippen molar-refractivity contribution in [3.05, 3.63) is 10.6 Å². The normalized spacial score (nSPS) is 17.7. The molecule has 6 heteroatoms. The number of nitrogens with zero attached hydrogens (tertiary/aromatic N) is 2. The van der Waals surface area contributed by atoms with Gasteiger partial charge in [-0.05, 0) is 6.42 Å². The van der Waals surface area contributed by atoms with E-state index in [-0.39, 0.29) is 0 Å². The first-order valence-electron chi connectivity index (χ1n) is 5.29. The Labute approximate surface area is 101 Å². The summed E-state index contributed by atoms with van der Waals surface area (Å²) < 4.78 is 11.2. The first kappa shape index (κ1) is 11.7. The van der Waals surface area contributed by atoms with E-state index >= 15 is 0 Å². The maximum absolute atomic E-state index is 11.2. The van der Waals surface area contributed by atoms with Crippen molar-refractivity contribution in [2.24, 2.45) is 0 Å². The molecule has 16 heavy (non-hydrogen) atoms. The van der Waals surface area contributed by atoms with Gasteiger partial charge in [0.25, 0.3) is 0 Å². The largest absolute Gasteiger partial charge is 0.346 e. The lowest BCUT2D eigenvalue weighted by Gasteiger charge is -2.25. The van der Waals surface area contributed by atoms with Gasteiger partial charge in [-0.1, -0.05) is 18.3 Å². The van der Waals surface area contributed by atoms with Gasteiger partial charge in [0, 0.05) is 35.4 Å². The van der Waals surface area contributed by atoms with Crippen LogP contribution in [0.25, 0.3) is 0 Å². The molecule has 0 unspecified atom stereocenters. The van der Waals surface area contributed by atoms with Crippen molar-refractivity contribution in [2.45, 2.75) is 13.3 Å². The summed E-state index contributed by atoms with van der Waals surface area (Å²) >= 11 is 1.44. The molecule has 1 saturated heterocycles. The third-order valence-corrected chi connectivity index (χ3v) is 4.97. The molecule has 1 aromatic heterocycles. The van der Waals surface area contributed by atoms with E-state index in [9.17, 15) is 9.00 Å². The molecule has 0 aromatic carbocycles. The summed E-state index contributed by atoms with van der Waals surface area (Å²) in [6, 6.07) is 0. The van der Waals surface area contributed by atoms with Crippen molar-refractivity contribution in [1.29, 1.82) is 0 Å². The van der Waals surface area contributed by atoms with Crippen molar-refractivity contribution >= 4 is 33.6 Å². The number of hydrogen-bond donors (Lipinski definition) is 0. The second-order valence-corrected chi connectivity index (χ2v) is 6.32. The Kier molecular flexibility index (Phi) is 3.70. The molecule has 1 fully saturated rings. The van der Waals surface area contributed by atoms with E-state index in [0.717, 1.165) is 41.5 Å². The molecule has 88 valence electrons. The van der Waals surface area contributed by atoms with E-state index in [2.05, 4.69) is 9.88 Å². The Bertz CT molecular complexity index is 407. The highest BCUT2D eigenvalue weighted by Crippen LogP contribution is 2.26. The lowest BCUT2D eigenvalue weighted by Crippen LogP contribution is -2.37. The van der Waals surface area contributed by atoms with Crippen LogP contribution in [0.5, 0.6) is 0 Å². The molecular formula is C10H14N2O2S2. The summed E-state index contributed by atoms with van der Waals surface area (Å²) in [7, 11) is -0.671. The maximum Gasteiger partial charge on any atom is 0.186 e. The van der Waals surface area contributed by atoms with Crippen LogP contribution in [0.15, 0.2) is 0 Å². The highest BCUT2D eigenvalue weighted by Gasteiger charge is 2.19. The minimum atomic E-state index is -0.671. The molecule has 2 rings (SSSR count). The van der Waals surface area contributed by atoms with Crippen LogP contribution in [0.3, 0.4) is 0 Å². The fraction of sp³-hybridized carbons (Fsp3) is 0.600. The Morgan fingerprint density at radius 2 is 2.19 bits per heavy atom. The van der Waals surface area contributed by atoms with Crippen molar-refractivity contribution in [2.75, 3.05) is 29.5 Å². The van der Waals surface area contributed by atoms with Crippen LogP contribution in [0.4, 0.5) is 5.13 Å². The lowest BCUT2D eigenvalue weighted by molar-refractivity contribution is 0.112. The predicted molar refractivity (Wildman–Crippen MR) is 67.0 cm³/mol. The Morgan fingerprint density at radius 1 is 1.50 bits per heavy atom. The van der Waals surface area contributed by atoms with Crippen LogP contribution in [-0.4, -0.2) is 40.1 Å². The van der Waals surface area contributed by atoms with Gasteiger partial charge in [-0.15, -0.1) is 0 Å². The highest BCUT2D eigenvalue weighted by molar-refractivity contribution is 7.85. The number of rotatable bonds is 3. The van der Waals surface area contributed by atoms with Gasteiger partial charge < -0.3 is 4.90 Å². The quantitative estimate of drug-likeness (QED) is 0.762.